The zero-order chi connectivity index (χ0) is 17.6. The number of nitrogens with zero attached hydrogens (tertiary/aromatic N) is 2. The molecule has 0 bridgehead atoms. The second kappa shape index (κ2) is 8.11. The van der Waals surface area contributed by atoms with E-state index in [1.54, 1.807) is 6.20 Å². The molecule has 0 saturated heterocycles. The summed E-state index contributed by atoms with van der Waals surface area (Å²) in [7, 11) is 0. The Bertz CT molecular complexity index is 953. The van der Waals surface area contributed by atoms with E-state index in [4.69, 9.17) is 0 Å². The van der Waals surface area contributed by atoms with Crippen LogP contribution in [-0.2, 0) is 6.42 Å². The zero-order valence-electron chi connectivity index (χ0n) is 13.7. The molecule has 0 radical (unpaired) electrons. The van der Waals surface area contributed by atoms with Crippen molar-refractivity contribution in [1.29, 1.82) is 5.26 Å². The van der Waals surface area contributed by atoms with Crippen LogP contribution in [0.25, 0.3) is 16.8 Å². The summed E-state index contributed by atoms with van der Waals surface area (Å²) in [6.07, 6.45) is 2.67. The number of hydrogen-bond donors (Lipinski definition) is 1. The molecule has 25 heavy (non-hydrogen) atoms. The van der Waals surface area contributed by atoms with Gasteiger partial charge in [0.15, 0.2) is 0 Å². The predicted molar refractivity (Wildman–Crippen MR) is 108 cm³/mol. The fraction of sp³-hybridized carbons (Fsp3) is 0.100. The summed E-state index contributed by atoms with van der Waals surface area (Å²) >= 11 is 4.95. The van der Waals surface area contributed by atoms with Gasteiger partial charge in [0.2, 0.25) is 0 Å². The fourth-order valence-electron chi connectivity index (χ4n) is 2.44. The number of thiazole rings is 1. The van der Waals surface area contributed by atoms with Gasteiger partial charge in [-0.3, -0.25) is 0 Å². The first-order valence-electron chi connectivity index (χ1n) is 7.88. The van der Waals surface area contributed by atoms with Crippen LogP contribution in [0.3, 0.4) is 0 Å². The van der Waals surface area contributed by atoms with Gasteiger partial charge in [0.1, 0.15) is 16.6 Å². The van der Waals surface area contributed by atoms with Gasteiger partial charge in [0.05, 0.1) is 5.69 Å². The van der Waals surface area contributed by atoms with Crippen LogP contribution in [0.1, 0.15) is 17.5 Å². The molecule has 0 unspecified atom stereocenters. The molecule has 124 valence electrons. The number of halogens is 1. The molecule has 0 aliphatic carbocycles. The SMILES string of the molecule is CCc1ccccc1N/C=C(\C#N)c1nc(-c2cccc(Br)c2)cs1. The number of allylic oxidation sites excluding steroid dienone is 1. The lowest BCUT2D eigenvalue weighted by atomic mass is 10.1. The van der Waals surface area contributed by atoms with E-state index in [2.05, 4.69) is 45.3 Å². The van der Waals surface area contributed by atoms with Gasteiger partial charge in [0, 0.05) is 27.3 Å². The molecule has 1 aromatic heterocycles. The third-order valence-electron chi connectivity index (χ3n) is 3.75. The van der Waals surface area contributed by atoms with Gasteiger partial charge in [-0.15, -0.1) is 11.3 Å². The van der Waals surface area contributed by atoms with E-state index in [0.29, 0.717) is 10.6 Å². The summed E-state index contributed by atoms with van der Waals surface area (Å²) in [5.74, 6) is 0. The highest BCUT2D eigenvalue weighted by molar-refractivity contribution is 9.10. The lowest BCUT2D eigenvalue weighted by Gasteiger charge is -2.07. The van der Waals surface area contributed by atoms with Crippen LogP contribution in [0, 0.1) is 11.3 Å². The smallest absolute Gasteiger partial charge is 0.136 e. The van der Waals surface area contributed by atoms with Crippen molar-refractivity contribution in [3.8, 4) is 17.3 Å². The number of hydrogen-bond acceptors (Lipinski definition) is 4. The van der Waals surface area contributed by atoms with Crippen molar-refractivity contribution in [2.75, 3.05) is 5.32 Å². The Hall–Kier alpha value is -2.42. The number of nitrogens with one attached hydrogen (secondary N) is 1. The lowest BCUT2D eigenvalue weighted by molar-refractivity contribution is 1.14. The average molecular weight is 410 g/mol. The molecule has 0 fully saturated rings. The molecule has 3 rings (SSSR count). The first-order chi connectivity index (χ1) is 12.2. The van der Waals surface area contributed by atoms with Crippen LogP contribution in [0.15, 0.2) is 64.6 Å². The van der Waals surface area contributed by atoms with Gasteiger partial charge in [-0.1, -0.05) is 53.2 Å². The van der Waals surface area contributed by atoms with Gasteiger partial charge in [-0.05, 0) is 30.2 Å². The monoisotopic (exact) mass is 409 g/mol. The summed E-state index contributed by atoms with van der Waals surface area (Å²) in [5.41, 5.74) is 4.65. The van der Waals surface area contributed by atoms with Crippen LogP contribution in [0.5, 0.6) is 0 Å². The van der Waals surface area contributed by atoms with Crippen molar-refractivity contribution in [2.24, 2.45) is 0 Å². The molecular formula is C20H16BrN3S. The van der Waals surface area contributed by atoms with Crippen molar-refractivity contribution < 1.29 is 0 Å². The Balaban J connectivity index is 1.85. The highest BCUT2D eigenvalue weighted by Crippen LogP contribution is 2.28. The van der Waals surface area contributed by atoms with E-state index in [-0.39, 0.29) is 0 Å². The molecule has 5 heteroatoms. The van der Waals surface area contributed by atoms with Crippen molar-refractivity contribution in [2.45, 2.75) is 13.3 Å². The number of benzene rings is 2. The third kappa shape index (κ3) is 4.16. The Morgan fingerprint density at radius 3 is 2.88 bits per heavy atom. The molecule has 0 amide bonds. The van der Waals surface area contributed by atoms with E-state index < -0.39 is 0 Å². The molecule has 1 heterocycles. The minimum atomic E-state index is 0.525. The average Bonchev–Trinajstić information content (AvgIpc) is 3.12. The molecule has 1 N–H and O–H groups in total. The molecule has 3 nitrogen and oxygen atoms in total. The lowest BCUT2D eigenvalue weighted by Crippen LogP contribution is -1.95. The molecule has 0 atom stereocenters. The van der Waals surface area contributed by atoms with Crippen LogP contribution >= 0.6 is 27.3 Å². The number of aryl methyl sites for hydroxylation is 1. The van der Waals surface area contributed by atoms with Gasteiger partial charge in [-0.25, -0.2) is 4.98 Å². The maximum absolute atomic E-state index is 9.51. The molecular weight excluding hydrogens is 394 g/mol. The van der Waals surface area contributed by atoms with Gasteiger partial charge in [-0.2, -0.15) is 5.26 Å². The molecule has 2 aromatic carbocycles. The standard InChI is InChI=1S/C20H16BrN3S/c1-2-14-6-3-4-9-18(14)23-12-16(11-22)20-24-19(13-25-20)15-7-5-8-17(21)10-15/h3-10,12-13,23H,2H2,1H3/b16-12+. The molecule has 0 saturated carbocycles. The number of anilines is 1. The second-order valence-corrected chi connectivity index (χ2v) is 7.15. The normalized spacial score (nSPS) is 11.2. The van der Waals surface area contributed by atoms with Crippen LogP contribution in [0.2, 0.25) is 0 Å². The summed E-state index contributed by atoms with van der Waals surface area (Å²) in [6, 6.07) is 18.3. The highest BCUT2D eigenvalue weighted by Gasteiger charge is 2.09. The highest BCUT2D eigenvalue weighted by atomic mass is 79.9. The van der Waals surface area contributed by atoms with Crippen molar-refractivity contribution in [3.05, 3.63) is 75.2 Å². The van der Waals surface area contributed by atoms with Crippen LogP contribution in [0.4, 0.5) is 5.69 Å². The topological polar surface area (TPSA) is 48.7 Å². The van der Waals surface area contributed by atoms with E-state index in [9.17, 15) is 5.26 Å². The van der Waals surface area contributed by atoms with E-state index in [1.807, 2.05) is 47.8 Å². The number of nitriles is 1. The number of rotatable bonds is 5. The second-order valence-electron chi connectivity index (χ2n) is 5.37. The number of aromatic nitrogens is 1. The van der Waals surface area contributed by atoms with E-state index in [1.165, 1.54) is 16.9 Å². The molecule has 0 aliphatic rings. The van der Waals surface area contributed by atoms with E-state index in [0.717, 1.165) is 27.8 Å². The van der Waals surface area contributed by atoms with Crippen molar-refractivity contribution in [3.63, 3.8) is 0 Å². The van der Waals surface area contributed by atoms with Crippen LogP contribution < -0.4 is 5.32 Å². The Morgan fingerprint density at radius 1 is 1.28 bits per heavy atom. The minimum Gasteiger partial charge on any atom is -0.360 e. The summed E-state index contributed by atoms with van der Waals surface area (Å²) in [6.45, 7) is 2.11. The number of para-hydroxylation sites is 1. The first kappa shape index (κ1) is 17.4. The first-order valence-corrected chi connectivity index (χ1v) is 9.55. The summed E-state index contributed by atoms with van der Waals surface area (Å²) in [5, 5.41) is 15.4. The van der Waals surface area contributed by atoms with Crippen molar-refractivity contribution >= 4 is 38.5 Å². The third-order valence-corrected chi connectivity index (χ3v) is 5.11. The Labute approximate surface area is 159 Å². The molecule has 0 spiro atoms. The van der Waals surface area contributed by atoms with Crippen molar-refractivity contribution in [1.82, 2.24) is 4.98 Å². The molecule has 0 aliphatic heterocycles. The van der Waals surface area contributed by atoms with Gasteiger partial charge in [0.25, 0.3) is 0 Å². The summed E-state index contributed by atoms with van der Waals surface area (Å²) in [4.78, 5) is 4.61. The largest absolute Gasteiger partial charge is 0.360 e. The van der Waals surface area contributed by atoms with Crippen LogP contribution in [-0.4, -0.2) is 4.98 Å². The summed E-state index contributed by atoms with van der Waals surface area (Å²) < 4.78 is 1.01. The predicted octanol–water partition coefficient (Wildman–Crippen LogP) is 6.11. The Morgan fingerprint density at radius 2 is 2.12 bits per heavy atom. The van der Waals surface area contributed by atoms with Gasteiger partial charge >= 0.3 is 0 Å². The minimum absolute atomic E-state index is 0.525. The quantitative estimate of drug-likeness (QED) is 0.516. The van der Waals surface area contributed by atoms with E-state index >= 15 is 0 Å². The zero-order valence-corrected chi connectivity index (χ0v) is 16.1. The molecule has 3 aromatic rings. The van der Waals surface area contributed by atoms with Gasteiger partial charge < -0.3 is 5.32 Å². The maximum Gasteiger partial charge on any atom is 0.136 e. The maximum atomic E-state index is 9.51. The fourth-order valence-corrected chi connectivity index (χ4v) is 3.63. The Kier molecular flexibility index (Phi) is 5.64.